The molecule has 1 aromatic heterocycles. The fourth-order valence-electron chi connectivity index (χ4n) is 5.09. The van der Waals surface area contributed by atoms with E-state index in [2.05, 4.69) is 20.6 Å². The first-order chi connectivity index (χ1) is 19.5. The lowest BCUT2D eigenvalue weighted by molar-refractivity contribution is 0.102. The van der Waals surface area contributed by atoms with E-state index in [-0.39, 0.29) is 46.4 Å². The molecule has 0 spiro atoms. The Hall–Kier alpha value is -3.82. The van der Waals surface area contributed by atoms with Gasteiger partial charge in [-0.2, -0.15) is 15.0 Å². The van der Waals surface area contributed by atoms with Gasteiger partial charge in [-0.05, 0) is 43.2 Å². The highest BCUT2D eigenvalue weighted by Gasteiger charge is 2.29. The zero-order chi connectivity index (χ0) is 29.3. The molecule has 2 aliphatic rings. The number of aromatic hydroxyl groups is 1. The van der Waals surface area contributed by atoms with E-state index >= 15 is 0 Å². The normalized spacial score (nSPS) is 22.9. The van der Waals surface area contributed by atoms with Crippen molar-refractivity contribution in [3.63, 3.8) is 0 Å². The Bertz CT molecular complexity index is 1370. The van der Waals surface area contributed by atoms with Gasteiger partial charge in [0.05, 0.1) is 16.3 Å². The second-order valence-electron chi connectivity index (χ2n) is 10.5. The average molecular weight is 586 g/mol. The maximum Gasteiger partial charge on any atom is 0.259 e. The van der Waals surface area contributed by atoms with E-state index in [0.29, 0.717) is 56.6 Å². The van der Waals surface area contributed by atoms with Crippen LogP contribution in [-0.4, -0.2) is 76.3 Å². The third-order valence-electron chi connectivity index (χ3n) is 6.89. The Morgan fingerprint density at radius 1 is 0.878 bits per heavy atom. The summed E-state index contributed by atoms with van der Waals surface area (Å²) in [6, 6.07) is 7.49. The summed E-state index contributed by atoms with van der Waals surface area (Å²) in [5.74, 6) is -0.684. The molecule has 2 fully saturated rings. The molecule has 218 valence electrons. The summed E-state index contributed by atoms with van der Waals surface area (Å²) in [7, 11) is 0. The van der Waals surface area contributed by atoms with Gasteiger partial charge in [-0.15, -0.1) is 0 Å². The number of piperidine rings is 2. The molecule has 2 aromatic carbocycles. The Labute approximate surface area is 241 Å². The highest BCUT2D eigenvalue weighted by atomic mass is 35.5. The van der Waals surface area contributed by atoms with Crippen LogP contribution in [0.1, 0.15) is 23.2 Å². The lowest BCUT2D eigenvalue weighted by Crippen LogP contribution is -2.54. The molecule has 41 heavy (non-hydrogen) atoms. The highest BCUT2D eigenvalue weighted by molar-refractivity contribution is 6.34. The van der Waals surface area contributed by atoms with Gasteiger partial charge in [0, 0.05) is 62.1 Å². The van der Waals surface area contributed by atoms with Gasteiger partial charge in [0.15, 0.2) is 0 Å². The number of halogens is 2. The van der Waals surface area contributed by atoms with Crippen molar-refractivity contribution in [2.24, 2.45) is 22.9 Å². The first kappa shape index (κ1) is 28.7. The van der Waals surface area contributed by atoms with E-state index in [1.807, 2.05) is 9.80 Å². The summed E-state index contributed by atoms with van der Waals surface area (Å²) < 4.78 is 13.3. The molecule has 0 saturated carbocycles. The van der Waals surface area contributed by atoms with E-state index < -0.39 is 17.5 Å². The number of amides is 1. The number of nitrogens with one attached hydrogen (secondary N) is 2. The van der Waals surface area contributed by atoms with Crippen molar-refractivity contribution in [3.8, 4) is 5.75 Å². The number of phenolic OH excluding ortho intramolecular Hbond substituents is 1. The van der Waals surface area contributed by atoms with Crippen molar-refractivity contribution in [1.82, 2.24) is 15.0 Å². The van der Waals surface area contributed by atoms with E-state index in [9.17, 15) is 14.3 Å². The monoisotopic (exact) mass is 585 g/mol. The Morgan fingerprint density at radius 3 is 1.95 bits per heavy atom. The van der Waals surface area contributed by atoms with Crippen molar-refractivity contribution >= 4 is 46.7 Å². The largest absolute Gasteiger partial charge is 0.507 e. The van der Waals surface area contributed by atoms with E-state index in [1.54, 1.807) is 18.2 Å². The average Bonchev–Trinajstić information content (AvgIpc) is 2.89. The lowest BCUT2D eigenvalue weighted by atomic mass is 10.0. The molecule has 13 nitrogen and oxygen atoms in total. The lowest BCUT2D eigenvalue weighted by Gasteiger charge is -2.37. The second kappa shape index (κ2) is 12.0. The molecule has 0 unspecified atom stereocenters. The van der Waals surface area contributed by atoms with Crippen molar-refractivity contribution in [3.05, 3.63) is 52.8 Å². The van der Waals surface area contributed by atoms with Crippen molar-refractivity contribution < 1.29 is 14.3 Å². The predicted octanol–water partition coefficient (Wildman–Crippen LogP) is 1.10. The molecule has 1 amide bonds. The highest BCUT2D eigenvalue weighted by Crippen LogP contribution is 2.29. The maximum absolute atomic E-state index is 13.3. The summed E-state index contributed by atoms with van der Waals surface area (Å²) in [5.41, 5.74) is 25.6. The first-order valence-electron chi connectivity index (χ1n) is 13.2. The number of aromatic nitrogens is 3. The molecule has 2 aliphatic heterocycles. The summed E-state index contributed by atoms with van der Waals surface area (Å²) in [4.78, 5) is 30.5. The molecule has 3 aromatic rings. The standard InChI is InChI=1S/C26H33ClFN11O2/c27-20-8-18(2-4-21(20)34-23(41)19-3-1-13(28)5-22(19)40)33-24-35-25(38-9-14(29)6-15(30)10-38)37-26(36-24)39-11-16(31)7-17(32)12-39/h1-5,8,14-17,40H,6-7,9-12,29-32H2,(H,34,41)(H,33,35,36,37)/t14-,15+,16-,17+. The minimum Gasteiger partial charge on any atom is -0.507 e. The van der Waals surface area contributed by atoms with Crippen LogP contribution in [0.25, 0.3) is 0 Å². The zero-order valence-electron chi connectivity index (χ0n) is 22.2. The Kier molecular flexibility index (Phi) is 8.37. The summed E-state index contributed by atoms with van der Waals surface area (Å²) in [5, 5.41) is 15.9. The molecule has 4 atom stereocenters. The number of hydrogen-bond donors (Lipinski definition) is 7. The van der Waals surface area contributed by atoms with Crippen LogP contribution in [0.3, 0.4) is 0 Å². The van der Waals surface area contributed by atoms with Crippen LogP contribution in [-0.2, 0) is 0 Å². The molecular formula is C26H33ClFN11O2. The van der Waals surface area contributed by atoms with Crippen LogP contribution >= 0.6 is 11.6 Å². The van der Waals surface area contributed by atoms with Gasteiger partial charge in [0.25, 0.3) is 5.91 Å². The third-order valence-corrected chi connectivity index (χ3v) is 7.20. The topological polar surface area (TPSA) is 211 Å². The minimum atomic E-state index is -0.658. The fraction of sp³-hybridized carbons (Fsp3) is 0.385. The van der Waals surface area contributed by atoms with Crippen molar-refractivity contribution in [1.29, 1.82) is 0 Å². The van der Waals surface area contributed by atoms with Crippen molar-refractivity contribution in [2.45, 2.75) is 37.0 Å². The predicted molar refractivity (Wildman–Crippen MR) is 156 cm³/mol. The number of hydrogen-bond acceptors (Lipinski definition) is 12. The van der Waals surface area contributed by atoms with Crippen molar-refractivity contribution in [2.75, 3.05) is 46.6 Å². The quantitative estimate of drug-likeness (QED) is 0.217. The Balaban J connectivity index is 1.39. The number of carbonyl (C=O) groups excluding carboxylic acids is 1. The maximum atomic E-state index is 13.3. The van der Waals surface area contributed by atoms with Gasteiger partial charge in [0.1, 0.15) is 11.6 Å². The van der Waals surface area contributed by atoms with Crippen LogP contribution in [0.5, 0.6) is 5.75 Å². The second-order valence-corrected chi connectivity index (χ2v) is 10.9. The first-order valence-corrected chi connectivity index (χ1v) is 13.6. The molecule has 0 bridgehead atoms. The van der Waals surface area contributed by atoms with Crippen LogP contribution < -0.4 is 43.4 Å². The Morgan fingerprint density at radius 2 is 1.44 bits per heavy atom. The molecular weight excluding hydrogens is 553 g/mol. The van der Waals surface area contributed by atoms with E-state index in [0.717, 1.165) is 12.1 Å². The van der Waals surface area contributed by atoms with E-state index in [4.69, 9.17) is 39.5 Å². The summed E-state index contributed by atoms with van der Waals surface area (Å²) in [6.45, 7) is 2.16. The van der Waals surface area contributed by atoms with Gasteiger partial charge in [-0.25, -0.2) is 4.39 Å². The number of anilines is 5. The number of rotatable bonds is 6. The number of nitrogens with two attached hydrogens (primary N) is 4. The number of nitrogens with zero attached hydrogens (tertiary/aromatic N) is 5. The molecule has 11 N–H and O–H groups in total. The summed E-state index contributed by atoms with van der Waals surface area (Å²) >= 11 is 6.46. The van der Waals surface area contributed by atoms with Gasteiger partial charge in [-0.1, -0.05) is 11.6 Å². The van der Waals surface area contributed by atoms with Crippen LogP contribution in [0.4, 0.5) is 33.6 Å². The minimum absolute atomic E-state index is 0.0933. The van der Waals surface area contributed by atoms with E-state index in [1.165, 1.54) is 6.07 Å². The smallest absolute Gasteiger partial charge is 0.259 e. The summed E-state index contributed by atoms with van der Waals surface area (Å²) in [6.07, 6.45) is 1.41. The van der Waals surface area contributed by atoms with Gasteiger partial charge < -0.3 is 48.5 Å². The molecule has 0 radical (unpaired) electrons. The molecule has 15 heteroatoms. The van der Waals surface area contributed by atoms with Crippen LogP contribution in [0, 0.1) is 5.82 Å². The van der Waals surface area contributed by atoms with Crippen LogP contribution in [0.2, 0.25) is 5.02 Å². The number of phenols is 1. The third kappa shape index (κ3) is 6.92. The fourth-order valence-corrected chi connectivity index (χ4v) is 5.31. The molecule has 2 saturated heterocycles. The molecule has 3 heterocycles. The van der Waals surface area contributed by atoms with Gasteiger partial charge >= 0.3 is 0 Å². The zero-order valence-corrected chi connectivity index (χ0v) is 22.9. The number of carbonyl (C=O) groups is 1. The van der Waals surface area contributed by atoms with Crippen LogP contribution in [0.15, 0.2) is 36.4 Å². The van der Waals surface area contributed by atoms with Gasteiger partial charge in [-0.3, -0.25) is 4.79 Å². The number of benzene rings is 2. The molecule has 5 rings (SSSR count). The SMILES string of the molecule is N[C@@H]1C[C@H](N)CN(c2nc(Nc3ccc(NC(=O)c4ccc(F)cc4O)c(Cl)c3)nc(N3C[C@H](N)C[C@H](N)C3)n2)C1. The van der Waals surface area contributed by atoms with Gasteiger partial charge in [0.2, 0.25) is 17.8 Å². The molecule has 0 aliphatic carbocycles.